The lowest BCUT2D eigenvalue weighted by molar-refractivity contribution is -0.138. The summed E-state index contributed by atoms with van der Waals surface area (Å²) in [6, 6.07) is 3.56. The number of anilines is 1. The van der Waals surface area contributed by atoms with E-state index in [2.05, 4.69) is 10.6 Å². The number of carbonyl (C=O) groups is 3. The van der Waals surface area contributed by atoms with Crippen LogP contribution in [0, 0.1) is 0 Å². The quantitative estimate of drug-likeness (QED) is 0.449. The standard InChI is InChI=1S/C18H22FN3O6S/c19-29(27,28)15-9-12(20-14-3-4-16(23)21-18(14)26)1-2-13(15)11-5-7-22(8-6-11)10-17(24)25/h1-2,9,11,14,20H,3-8,10H2,(H,24,25)(H,21,23,26). The molecule has 2 amide bonds. The second-order valence-electron chi connectivity index (χ2n) is 7.28. The Balaban J connectivity index is 1.78. The molecule has 0 aromatic heterocycles. The number of likely N-dealkylation sites (tertiary alicyclic amines) is 1. The van der Waals surface area contributed by atoms with Gasteiger partial charge in [-0.2, -0.15) is 8.42 Å². The zero-order chi connectivity index (χ0) is 21.2. The fraction of sp³-hybridized carbons (Fsp3) is 0.500. The zero-order valence-corrected chi connectivity index (χ0v) is 16.4. The van der Waals surface area contributed by atoms with Gasteiger partial charge in [-0.3, -0.25) is 24.6 Å². The monoisotopic (exact) mass is 427 g/mol. The number of carbonyl (C=O) groups excluding carboxylic acids is 2. The molecule has 0 radical (unpaired) electrons. The van der Waals surface area contributed by atoms with E-state index < -0.39 is 33.0 Å². The van der Waals surface area contributed by atoms with E-state index in [0.717, 1.165) is 6.07 Å². The molecule has 0 spiro atoms. The van der Waals surface area contributed by atoms with Gasteiger partial charge in [0.2, 0.25) is 11.8 Å². The van der Waals surface area contributed by atoms with Gasteiger partial charge in [-0.15, -0.1) is 3.89 Å². The van der Waals surface area contributed by atoms with Crippen molar-refractivity contribution < 1.29 is 31.8 Å². The van der Waals surface area contributed by atoms with E-state index in [0.29, 0.717) is 31.5 Å². The molecule has 2 aliphatic heterocycles. The summed E-state index contributed by atoms with van der Waals surface area (Å²) < 4.78 is 37.5. The molecule has 0 saturated carbocycles. The number of carboxylic acid groups (broad SMARTS) is 1. The number of aliphatic carboxylic acids is 1. The molecule has 0 bridgehead atoms. The summed E-state index contributed by atoms with van der Waals surface area (Å²) >= 11 is 0. The number of imide groups is 1. The molecule has 1 unspecified atom stereocenters. The summed E-state index contributed by atoms with van der Waals surface area (Å²) in [7, 11) is -5.00. The molecule has 9 nitrogen and oxygen atoms in total. The molecule has 158 valence electrons. The van der Waals surface area contributed by atoms with Gasteiger partial charge in [-0.25, -0.2) is 0 Å². The van der Waals surface area contributed by atoms with Gasteiger partial charge in [-0.05, 0) is 56.0 Å². The molecule has 29 heavy (non-hydrogen) atoms. The van der Waals surface area contributed by atoms with E-state index >= 15 is 0 Å². The van der Waals surface area contributed by atoms with Crippen LogP contribution in [0.25, 0.3) is 0 Å². The van der Waals surface area contributed by atoms with Crippen LogP contribution in [0.3, 0.4) is 0 Å². The predicted octanol–water partition coefficient (Wildman–Crippen LogP) is 0.826. The van der Waals surface area contributed by atoms with E-state index in [1.54, 1.807) is 11.0 Å². The third kappa shape index (κ3) is 5.30. The first-order valence-corrected chi connectivity index (χ1v) is 10.6. The van der Waals surface area contributed by atoms with Crippen molar-refractivity contribution in [3.05, 3.63) is 23.8 Å². The third-order valence-electron chi connectivity index (χ3n) is 5.24. The lowest BCUT2D eigenvalue weighted by Crippen LogP contribution is -2.47. The maximum Gasteiger partial charge on any atom is 0.332 e. The zero-order valence-electron chi connectivity index (χ0n) is 15.6. The molecule has 2 heterocycles. The van der Waals surface area contributed by atoms with Crippen molar-refractivity contribution in [2.75, 3.05) is 25.0 Å². The summed E-state index contributed by atoms with van der Waals surface area (Å²) in [5.41, 5.74) is 0.610. The normalized spacial score (nSPS) is 21.6. The van der Waals surface area contributed by atoms with Crippen LogP contribution >= 0.6 is 0 Å². The van der Waals surface area contributed by atoms with Gasteiger partial charge in [0.25, 0.3) is 0 Å². The van der Waals surface area contributed by atoms with Gasteiger partial charge in [0.05, 0.1) is 6.54 Å². The second kappa shape index (κ2) is 8.46. The number of rotatable bonds is 6. The van der Waals surface area contributed by atoms with Crippen LogP contribution in [0.4, 0.5) is 9.57 Å². The van der Waals surface area contributed by atoms with Gasteiger partial charge >= 0.3 is 16.2 Å². The Labute approximate surface area is 167 Å². The van der Waals surface area contributed by atoms with Crippen LogP contribution in [0.1, 0.15) is 37.2 Å². The molecule has 3 rings (SSSR count). The molecular weight excluding hydrogens is 405 g/mol. The smallest absolute Gasteiger partial charge is 0.332 e. The summed E-state index contributed by atoms with van der Waals surface area (Å²) in [5, 5.41) is 13.9. The van der Waals surface area contributed by atoms with E-state index in [1.165, 1.54) is 6.07 Å². The highest BCUT2D eigenvalue weighted by Crippen LogP contribution is 2.35. The second-order valence-corrected chi connectivity index (χ2v) is 8.60. The predicted molar refractivity (Wildman–Crippen MR) is 101 cm³/mol. The maximum absolute atomic E-state index is 14.0. The number of nitrogens with one attached hydrogen (secondary N) is 2. The molecule has 2 saturated heterocycles. The first-order chi connectivity index (χ1) is 13.6. The number of piperidine rings is 2. The van der Waals surface area contributed by atoms with E-state index in [4.69, 9.17) is 5.11 Å². The molecule has 3 N–H and O–H groups in total. The Morgan fingerprint density at radius 3 is 2.52 bits per heavy atom. The van der Waals surface area contributed by atoms with Gasteiger partial charge in [0.1, 0.15) is 10.9 Å². The van der Waals surface area contributed by atoms with Crippen molar-refractivity contribution in [1.82, 2.24) is 10.2 Å². The Morgan fingerprint density at radius 2 is 1.93 bits per heavy atom. The molecule has 2 fully saturated rings. The van der Waals surface area contributed by atoms with Crippen molar-refractivity contribution >= 4 is 33.7 Å². The fourth-order valence-electron chi connectivity index (χ4n) is 3.80. The molecule has 1 aromatic carbocycles. The highest BCUT2D eigenvalue weighted by atomic mass is 32.3. The topological polar surface area (TPSA) is 133 Å². The summed E-state index contributed by atoms with van der Waals surface area (Å²) in [4.78, 5) is 35.2. The minimum absolute atomic E-state index is 0.0875. The van der Waals surface area contributed by atoms with Gasteiger partial charge < -0.3 is 10.4 Å². The van der Waals surface area contributed by atoms with Crippen LogP contribution in [0.5, 0.6) is 0 Å². The summed E-state index contributed by atoms with van der Waals surface area (Å²) in [6.45, 7) is 0.855. The SMILES string of the molecule is O=C(O)CN1CCC(c2ccc(NC3CCC(=O)NC3=O)cc2S(=O)(=O)F)CC1. The van der Waals surface area contributed by atoms with Gasteiger partial charge in [0, 0.05) is 12.1 Å². The molecule has 11 heteroatoms. The Morgan fingerprint density at radius 1 is 1.24 bits per heavy atom. The number of halogens is 1. The number of nitrogens with zero attached hydrogens (tertiary/aromatic N) is 1. The van der Waals surface area contributed by atoms with Crippen molar-refractivity contribution in [2.24, 2.45) is 0 Å². The van der Waals surface area contributed by atoms with Crippen LogP contribution in [0.2, 0.25) is 0 Å². The first-order valence-electron chi connectivity index (χ1n) is 9.26. The lowest BCUT2D eigenvalue weighted by Gasteiger charge is -2.31. The van der Waals surface area contributed by atoms with Crippen molar-refractivity contribution in [3.63, 3.8) is 0 Å². The van der Waals surface area contributed by atoms with Crippen molar-refractivity contribution in [1.29, 1.82) is 0 Å². The lowest BCUT2D eigenvalue weighted by atomic mass is 9.89. The Kier molecular flexibility index (Phi) is 6.18. The number of hydrogen-bond donors (Lipinski definition) is 3. The number of amides is 2. The molecule has 0 aliphatic carbocycles. The molecule has 1 aromatic rings. The molecule has 2 aliphatic rings. The van der Waals surface area contributed by atoms with Crippen LogP contribution in [0.15, 0.2) is 23.1 Å². The highest BCUT2D eigenvalue weighted by molar-refractivity contribution is 7.86. The van der Waals surface area contributed by atoms with Gasteiger partial charge in [0.15, 0.2) is 0 Å². The highest BCUT2D eigenvalue weighted by Gasteiger charge is 2.30. The summed E-state index contributed by atoms with van der Waals surface area (Å²) in [6.07, 6.45) is 1.43. The van der Waals surface area contributed by atoms with E-state index in [9.17, 15) is 26.7 Å². The minimum Gasteiger partial charge on any atom is -0.480 e. The van der Waals surface area contributed by atoms with Crippen LogP contribution in [-0.2, 0) is 24.6 Å². The van der Waals surface area contributed by atoms with E-state index in [1.807, 2.05) is 0 Å². The average molecular weight is 427 g/mol. The van der Waals surface area contributed by atoms with Crippen LogP contribution < -0.4 is 10.6 Å². The molecule has 1 atom stereocenters. The third-order valence-corrected chi connectivity index (χ3v) is 6.12. The van der Waals surface area contributed by atoms with Crippen molar-refractivity contribution in [3.8, 4) is 0 Å². The van der Waals surface area contributed by atoms with Crippen molar-refractivity contribution in [2.45, 2.75) is 42.5 Å². The maximum atomic E-state index is 14.0. The Hall–Kier alpha value is -2.53. The number of carboxylic acids is 1. The minimum atomic E-state index is -5.00. The Bertz CT molecular complexity index is 928. The largest absolute Gasteiger partial charge is 0.480 e. The van der Waals surface area contributed by atoms with Gasteiger partial charge in [-0.1, -0.05) is 6.07 Å². The number of benzene rings is 1. The molecular formula is C18H22FN3O6S. The van der Waals surface area contributed by atoms with E-state index in [-0.39, 0.29) is 36.9 Å². The first kappa shape index (κ1) is 21.2. The van der Waals surface area contributed by atoms with Crippen LogP contribution in [-0.4, -0.2) is 61.9 Å². The number of hydrogen-bond acceptors (Lipinski definition) is 7. The summed E-state index contributed by atoms with van der Waals surface area (Å²) in [5.74, 6) is -2.03. The fourth-order valence-corrected chi connectivity index (χ4v) is 4.58. The average Bonchev–Trinajstić information content (AvgIpc) is 2.63.